The van der Waals surface area contributed by atoms with Crippen molar-refractivity contribution in [2.75, 3.05) is 5.32 Å². The average Bonchev–Trinajstić information content (AvgIpc) is 2.18. The predicted octanol–water partition coefficient (Wildman–Crippen LogP) is 2.93. The van der Waals surface area contributed by atoms with Gasteiger partial charge in [0.05, 0.1) is 5.69 Å². The molecule has 0 fully saturated rings. The Morgan fingerprint density at radius 2 is 2.00 bits per heavy atom. The van der Waals surface area contributed by atoms with Crippen molar-refractivity contribution in [3.05, 3.63) is 24.3 Å². The molecule has 0 bridgehead atoms. The third-order valence-corrected chi connectivity index (χ3v) is 1.71. The number of carbonyl (C=O) groups is 1. The minimum Gasteiger partial charge on any atom is -0.404 e. The topological polar surface area (TPSA) is 38.3 Å². The highest BCUT2D eigenvalue weighted by Crippen LogP contribution is 2.29. The molecule has 0 atom stereocenters. The Labute approximate surface area is 90.2 Å². The van der Waals surface area contributed by atoms with Gasteiger partial charge in [0.15, 0.2) is 5.75 Å². The second-order valence-corrected chi connectivity index (χ2v) is 2.95. The van der Waals surface area contributed by atoms with E-state index in [1.807, 2.05) is 0 Å². The first kappa shape index (κ1) is 12.4. The molecule has 1 aromatic rings. The number of benzene rings is 1. The van der Waals surface area contributed by atoms with Crippen LogP contribution in [0.5, 0.6) is 5.75 Å². The van der Waals surface area contributed by atoms with Gasteiger partial charge in [0.25, 0.3) is 0 Å². The maximum atomic E-state index is 12.0. The van der Waals surface area contributed by atoms with E-state index in [2.05, 4.69) is 10.1 Å². The summed E-state index contributed by atoms with van der Waals surface area (Å²) in [6.45, 7) is 1.60. The van der Waals surface area contributed by atoms with E-state index in [9.17, 15) is 18.0 Å². The zero-order valence-electron chi connectivity index (χ0n) is 8.47. The first-order chi connectivity index (χ1) is 7.42. The van der Waals surface area contributed by atoms with Gasteiger partial charge in [0.1, 0.15) is 0 Å². The van der Waals surface area contributed by atoms with Gasteiger partial charge in [-0.3, -0.25) is 4.79 Å². The summed E-state index contributed by atoms with van der Waals surface area (Å²) < 4.78 is 39.8. The van der Waals surface area contributed by atoms with E-state index in [1.165, 1.54) is 18.2 Å². The molecule has 6 heteroatoms. The largest absolute Gasteiger partial charge is 0.573 e. The number of hydrogen-bond donors (Lipinski definition) is 1. The van der Waals surface area contributed by atoms with Crippen LogP contribution in [0.4, 0.5) is 18.9 Å². The minimum absolute atomic E-state index is 0.00618. The van der Waals surface area contributed by atoms with E-state index in [-0.39, 0.29) is 18.0 Å². The third kappa shape index (κ3) is 3.80. The van der Waals surface area contributed by atoms with Gasteiger partial charge in [-0.25, -0.2) is 0 Å². The highest BCUT2D eigenvalue weighted by atomic mass is 19.4. The fourth-order valence-corrected chi connectivity index (χ4v) is 1.02. The van der Waals surface area contributed by atoms with Gasteiger partial charge >= 0.3 is 6.36 Å². The Hall–Kier alpha value is -1.72. The zero-order valence-corrected chi connectivity index (χ0v) is 8.47. The van der Waals surface area contributed by atoms with Crippen LogP contribution in [0, 0.1) is 0 Å². The summed E-state index contributed by atoms with van der Waals surface area (Å²) in [6, 6.07) is 5.38. The number of hydrogen-bond acceptors (Lipinski definition) is 2. The van der Waals surface area contributed by atoms with Crippen molar-refractivity contribution in [1.29, 1.82) is 0 Å². The molecule has 0 heterocycles. The van der Waals surface area contributed by atoms with E-state index in [0.29, 0.717) is 0 Å². The van der Waals surface area contributed by atoms with Crippen molar-refractivity contribution >= 4 is 11.6 Å². The standard InChI is InChI=1S/C10H10F3NO2/c1-2-9(15)14-7-5-3-4-6-8(7)16-10(11,12)13/h3-6H,2H2,1H3,(H,14,15). The quantitative estimate of drug-likeness (QED) is 0.871. The molecule has 1 rings (SSSR count). The highest BCUT2D eigenvalue weighted by Gasteiger charge is 2.32. The Kier molecular flexibility index (Phi) is 3.76. The van der Waals surface area contributed by atoms with Crippen LogP contribution in [0.1, 0.15) is 13.3 Å². The Bertz CT molecular complexity index is 377. The number of rotatable bonds is 3. The molecule has 1 N–H and O–H groups in total. The van der Waals surface area contributed by atoms with Crippen molar-refractivity contribution in [3.8, 4) is 5.75 Å². The summed E-state index contributed by atoms with van der Waals surface area (Å²) >= 11 is 0. The molecule has 1 aromatic carbocycles. The van der Waals surface area contributed by atoms with Crippen LogP contribution >= 0.6 is 0 Å². The van der Waals surface area contributed by atoms with Crippen LogP contribution in [-0.4, -0.2) is 12.3 Å². The lowest BCUT2D eigenvalue weighted by molar-refractivity contribution is -0.274. The summed E-state index contributed by atoms with van der Waals surface area (Å²) in [4.78, 5) is 11.1. The van der Waals surface area contributed by atoms with Gasteiger partial charge in [-0.05, 0) is 12.1 Å². The molecule has 0 aliphatic rings. The van der Waals surface area contributed by atoms with Gasteiger partial charge < -0.3 is 10.1 Å². The molecule has 0 radical (unpaired) electrons. The maximum absolute atomic E-state index is 12.0. The Balaban J connectivity index is 2.87. The van der Waals surface area contributed by atoms with Gasteiger partial charge in [-0.15, -0.1) is 13.2 Å². The van der Waals surface area contributed by atoms with E-state index in [1.54, 1.807) is 6.92 Å². The molecular weight excluding hydrogens is 223 g/mol. The molecule has 88 valence electrons. The molecule has 1 amide bonds. The fraction of sp³-hybridized carbons (Fsp3) is 0.300. The van der Waals surface area contributed by atoms with Crippen molar-refractivity contribution in [2.24, 2.45) is 0 Å². The molecule has 0 unspecified atom stereocenters. The molecule has 0 aromatic heterocycles. The van der Waals surface area contributed by atoms with Crippen molar-refractivity contribution in [1.82, 2.24) is 0 Å². The van der Waals surface area contributed by atoms with Crippen molar-refractivity contribution in [3.63, 3.8) is 0 Å². The summed E-state index contributed by atoms with van der Waals surface area (Å²) in [7, 11) is 0. The van der Waals surface area contributed by atoms with Crippen molar-refractivity contribution in [2.45, 2.75) is 19.7 Å². The van der Waals surface area contributed by atoms with E-state index in [4.69, 9.17) is 0 Å². The second-order valence-electron chi connectivity index (χ2n) is 2.95. The van der Waals surface area contributed by atoms with E-state index in [0.717, 1.165) is 6.07 Å². The SMILES string of the molecule is CCC(=O)Nc1ccccc1OC(F)(F)F. The van der Waals surface area contributed by atoms with E-state index < -0.39 is 12.1 Å². The monoisotopic (exact) mass is 233 g/mol. The Morgan fingerprint density at radius 1 is 1.38 bits per heavy atom. The van der Waals surface area contributed by atoms with Crippen LogP contribution in [0.2, 0.25) is 0 Å². The first-order valence-corrected chi connectivity index (χ1v) is 4.57. The summed E-state index contributed by atoms with van der Waals surface area (Å²) in [6.07, 6.45) is -4.59. The van der Waals surface area contributed by atoms with Crippen LogP contribution < -0.4 is 10.1 Å². The summed E-state index contributed by atoms with van der Waals surface area (Å²) in [5.41, 5.74) is 0.00618. The van der Waals surface area contributed by atoms with Crippen LogP contribution in [0.25, 0.3) is 0 Å². The molecule has 0 saturated heterocycles. The molecule has 0 aliphatic heterocycles. The number of anilines is 1. The van der Waals surface area contributed by atoms with Gasteiger partial charge in [-0.2, -0.15) is 0 Å². The van der Waals surface area contributed by atoms with E-state index >= 15 is 0 Å². The Morgan fingerprint density at radius 3 is 2.56 bits per heavy atom. The molecule has 0 saturated carbocycles. The molecule has 16 heavy (non-hydrogen) atoms. The van der Waals surface area contributed by atoms with Crippen LogP contribution in [0.3, 0.4) is 0 Å². The number of nitrogens with one attached hydrogen (secondary N) is 1. The number of carbonyl (C=O) groups excluding carboxylic acids is 1. The summed E-state index contributed by atoms with van der Waals surface area (Å²) in [5, 5.41) is 2.32. The number of halogens is 3. The second kappa shape index (κ2) is 4.87. The van der Waals surface area contributed by atoms with Crippen LogP contribution in [-0.2, 0) is 4.79 Å². The number of ether oxygens (including phenoxy) is 1. The number of amides is 1. The number of alkyl halides is 3. The van der Waals surface area contributed by atoms with Gasteiger partial charge in [0.2, 0.25) is 5.91 Å². The molecule has 0 spiro atoms. The van der Waals surface area contributed by atoms with Gasteiger partial charge in [0, 0.05) is 6.42 Å². The lowest BCUT2D eigenvalue weighted by Gasteiger charge is -2.13. The number of para-hydroxylation sites is 2. The maximum Gasteiger partial charge on any atom is 0.573 e. The lowest BCUT2D eigenvalue weighted by Crippen LogP contribution is -2.19. The zero-order chi connectivity index (χ0) is 12.2. The van der Waals surface area contributed by atoms with Gasteiger partial charge in [-0.1, -0.05) is 19.1 Å². The molecule has 3 nitrogen and oxygen atoms in total. The summed E-state index contributed by atoms with van der Waals surface area (Å²) in [5.74, 6) is -0.796. The lowest BCUT2D eigenvalue weighted by atomic mass is 10.3. The predicted molar refractivity (Wildman–Crippen MR) is 52.0 cm³/mol. The average molecular weight is 233 g/mol. The minimum atomic E-state index is -4.77. The molecular formula is C10H10F3NO2. The van der Waals surface area contributed by atoms with Crippen molar-refractivity contribution < 1.29 is 22.7 Å². The first-order valence-electron chi connectivity index (χ1n) is 4.57. The van der Waals surface area contributed by atoms with Crippen LogP contribution in [0.15, 0.2) is 24.3 Å². The fourth-order valence-electron chi connectivity index (χ4n) is 1.02. The normalized spacial score (nSPS) is 11.0. The smallest absolute Gasteiger partial charge is 0.404 e. The highest BCUT2D eigenvalue weighted by molar-refractivity contribution is 5.91. The third-order valence-electron chi connectivity index (χ3n) is 1.71. The molecule has 0 aliphatic carbocycles.